The summed E-state index contributed by atoms with van der Waals surface area (Å²) in [4.78, 5) is 123. The number of hydrogen-bond donors (Lipinski definition) is 0. The Hall–Kier alpha value is -13.5. The Labute approximate surface area is 722 Å². The lowest BCUT2D eigenvalue weighted by Crippen LogP contribution is -2.59. The molecule has 29 heteroatoms. The van der Waals surface area contributed by atoms with Crippen LogP contribution in [0.4, 0.5) is 13.2 Å². The van der Waals surface area contributed by atoms with Gasteiger partial charge in [-0.15, -0.1) is 0 Å². The maximum atomic E-state index is 14.1. The van der Waals surface area contributed by atoms with Crippen LogP contribution in [0.2, 0.25) is 0 Å². The SMILES string of the molecule is Cc1ccc(OC2CC3CCC2N(C(=O)c2cc(F)ccc2-c2ncccn2)C3)nc1.Cc1ccc(OC2CC3CCC2N(C(=O)c2ccc(C)nc2-c2ncc(F)cn2)C3)nc1.Cc1ccc(OC2CC3CCC2N(C(=O)c2ccc(C)nc2-c2ncccn2)C3)nc1.Cc1ccc(OC2CC3CCC2N(C(=O)c2ccc(F)cc2-c2ncccn2)C3)nc1. The topological polar surface area (TPSA) is 299 Å². The third-order valence-corrected chi connectivity index (χ3v) is 24.7. The molecule has 12 atom stereocenters. The van der Waals surface area contributed by atoms with Crippen LogP contribution < -0.4 is 18.9 Å². The highest BCUT2D eigenvalue weighted by molar-refractivity contribution is 6.02. The number of fused-ring (bicyclic) bond motifs is 12. The van der Waals surface area contributed by atoms with E-state index in [2.05, 4.69) is 69.8 Å². The molecule has 12 fully saturated rings. The molecule has 8 bridgehead atoms. The molecule has 8 saturated heterocycles. The van der Waals surface area contributed by atoms with Crippen molar-refractivity contribution in [1.82, 2.24) is 89.4 Å². The highest BCUT2D eigenvalue weighted by Crippen LogP contribution is 2.44. The summed E-state index contributed by atoms with van der Waals surface area (Å²) in [5, 5.41) is 0. The molecule has 18 heterocycles. The highest BCUT2D eigenvalue weighted by atomic mass is 19.1. The fourth-order valence-electron chi connectivity index (χ4n) is 18.6. The largest absolute Gasteiger partial charge is 0.472 e. The normalized spacial score (nSPS) is 22.3. The molecular formula is C96H95F3N18O8. The van der Waals surface area contributed by atoms with Gasteiger partial charge in [0, 0.05) is 135 Å². The van der Waals surface area contributed by atoms with E-state index in [1.807, 2.05) is 128 Å². The van der Waals surface area contributed by atoms with E-state index < -0.39 is 17.5 Å². The summed E-state index contributed by atoms with van der Waals surface area (Å²) in [5.74, 6) is 3.41. The van der Waals surface area contributed by atoms with Crippen molar-refractivity contribution < 1.29 is 51.3 Å². The summed E-state index contributed by atoms with van der Waals surface area (Å²) < 4.78 is 66.4. The number of aromatic nitrogens is 14. The third-order valence-electron chi connectivity index (χ3n) is 24.7. The number of carbonyl (C=O) groups excluding carboxylic acids is 4. The summed E-state index contributed by atoms with van der Waals surface area (Å²) in [6, 6.07) is 36.0. The van der Waals surface area contributed by atoms with E-state index in [1.54, 1.807) is 92.2 Å². The molecule has 0 radical (unpaired) electrons. The lowest BCUT2D eigenvalue weighted by molar-refractivity contribution is -0.0313. The Kier molecular flexibility index (Phi) is 25.0. The fraction of sp³-hybridized carbons (Fsp3) is 0.354. The summed E-state index contributed by atoms with van der Waals surface area (Å²) in [6.45, 7) is 14.4. The second-order valence-corrected chi connectivity index (χ2v) is 33.7. The van der Waals surface area contributed by atoms with Crippen LogP contribution in [0, 0.1) is 82.7 Å². The molecule has 24 rings (SSSR count). The molecule has 0 spiro atoms. The third kappa shape index (κ3) is 19.2. The quantitative estimate of drug-likeness (QED) is 0.0868. The van der Waals surface area contributed by atoms with Gasteiger partial charge in [-0.3, -0.25) is 19.2 Å². The minimum Gasteiger partial charge on any atom is -0.472 e. The number of nitrogens with zero attached hydrogens (tertiary/aromatic N) is 18. The van der Waals surface area contributed by atoms with Gasteiger partial charge in [-0.25, -0.2) is 82.9 Å². The molecule has 10 aromatic heterocycles. The first-order valence-corrected chi connectivity index (χ1v) is 42.7. The predicted molar refractivity (Wildman–Crippen MR) is 457 cm³/mol. The van der Waals surface area contributed by atoms with Crippen molar-refractivity contribution in [2.24, 2.45) is 23.7 Å². The van der Waals surface area contributed by atoms with E-state index >= 15 is 0 Å². The minimum atomic E-state index is -0.535. The summed E-state index contributed by atoms with van der Waals surface area (Å²) >= 11 is 0. The number of ether oxygens (including phenoxy) is 4. The van der Waals surface area contributed by atoms with Gasteiger partial charge < -0.3 is 38.5 Å². The number of halogens is 3. The lowest BCUT2D eigenvalue weighted by Gasteiger charge is -2.49. The highest BCUT2D eigenvalue weighted by Gasteiger charge is 2.50. The van der Waals surface area contributed by atoms with Gasteiger partial charge in [-0.1, -0.05) is 24.3 Å². The molecule has 0 N–H and O–H groups in total. The number of piperidine rings is 8. The summed E-state index contributed by atoms with van der Waals surface area (Å²) in [7, 11) is 0. The van der Waals surface area contributed by atoms with Crippen LogP contribution in [0.15, 0.2) is 202 Å². The van der Waals surface area contributed by atoms with E-state index in [1.165, 1.54) is 30.3 Å². The van der Waals surface area contributed by atoms with E-state index in [9.17, 15) is 32.3 Å². The van der Waals surface area contributed by atoms with Gasteiger partial charge in [0.15, 0.2) is 29.1 Å². The minimum absolute atomic E-state index is 0.0199. The van der Waals surface area contributed by atoms with Gasteiger partial charge >= 0.3 is 0 Å². The maximum absolute atomic E-state index is 14.1. The van der Waals surface area contributed by atoms with E-state index in [-0.39, 0.29) is 83.6 Å². The Morgan fingerprint density at radius 2 is 0.616 bits per heavy atom. The van der Waals surface area contributed by atoms with Crippen LogP contribution >= 0.6 is 0 Å². The van der Waals surface area contributed by atoms with E-state index in [4.69, 9.17) is 18.9 Å². The number of pyridine rings is 6. The monoisotopic (exact) mass is 1680 g/mol. The van der Waals surface area contributed by atoms with E-state index in [0.29, 0.717) is 124 Å². The molecule has 26 nitrogen and oxygen atoms in total. The van der Waals surface area contributed by atoms with Crippen molar-refractivity contribution in [2.75, 3.05) is 26.2 Å². The van der Waals surface area contributed by atoms with Gasteiger partial charge in [-0.2, -0.15) is 0 Å². The van der Waals surface area contributed by atoms with E-state index in [0.717, 1.165) is 130 Å². The molecule has 125 heavy (non-hydrogen) atoms. The first kappa shape index (κ1) is 83.8. The molecule has 12 unspecified atom stereocenters. The zero-order valence-electron chi connectivity index (χ0n) is 70.2. The predicted octanol–water partition coefficient (Wildman–Crippen LogP) is 15.5. The molecule has 638 valence electrons. The zero-order chi connectivity index (χ0) is 86.4. The van der Waals surface area contributed by atoms with Crippen molar-refractivity contribution in [3.8, 4) is 69.3 Å². The Morgan fingerprint density at radius 3 is 0.968 bits per heavy atom. The van der Waals surface area contributed by atoms with Crippen LogP contribution in [0.5, 0.6) is 23.5 Å². The van der Waals surface area contributed by atoms with Gasteiger partial charge in [0.1, 0.15) is 47.4 Å². The number of amides is 4. The van der Waals surface area contributed by atoms with Crippen LogP contribution in [0.1, 0.15) is 152 Å². The van der Waals surface area contributed by atoms with Crippen LogP contribution in [0.3, 0.4) is 0 Å². The average molecular weight is 1690 g/mol. The number of aryl methyl sites for hydroxylation is 6. The van der Waals surface area contributed by atoms with Crippen molar-refractivity contribution in [1.29, 1.82) is 0 Å². The number of carbonyl (C=O) groups is 4. The zero-order valence-corrected chi connectivity index (χ0v) is 70.2. The second-order valence-electron chi connectivity index (χ2n) is 33.7. The first-order chi connectivity index (χ1) is 60.7. The molecular weight excluding hydrogens is 1590 g/mol. The molecule has 2 aromatic carbocycles. The van der Waals surface area contributed by atoms with Crippen molar-refractivity contribution in [3.05, 3.63) is 275 Å². The molecule has 4 aliphatic carbocycles. The molecule has 4 saturated carbocycles. The maximum Gasteiger partial charge on any atom is 0.256 e. The summed E-state index contributed by atoms with van der Waals surface area (Å²) in [6.07, 6.45) is 30.2. The Morgan fingerprint density at radius 1 is 0.304 bits per heavy atom. The van der Waals surface area contributed by atoms with Crippen LogP contribution in [0.25, 0.3) is 45.8 Å². The molecule has 8 aliphatic heterocycles. The summed E-state index contributed by atoms with van der Waals surface area (Å²) in [5.41, 5.74) is 9.35. The smallest absolute Gasteiger partial charge is 0.256 e. The lowest BCUT2D eigenvalue weighted by atomic mass is 9.77. The second kappa shape index (κ2) is 37.3. The van der Waals surface area contributed by atoms with Gasteiger partial charge in [0.25, 0.3) is 23.6 Å². The van der Waals surface area contributed by atoms with Gasteiger partial charge in [0.05, 0.1) is 58.8 Å². The molecule has 4 amide bonds. The Balaban J connectivity index is 0.000000118. The molecule has 12 aliphatic rings. The van der Waals surface area contributed by atoms with Crippen molar-refractivity contribution in [2.45, 2.75) is 167 Å². The number of hydrogen-bond acceptors (Lipinski definition) is 22. The number of rotatable bonds is 16. The number of benzene rings is 2. The van der Waals surface area contributed by atoms with Crippen molar-refractivity contribution >= 4 is 23.6 Å². The fourth-order valence-corrected chi connectivity index (χ4v) is 18.6. The molecule has 12 aromatic rings. The van der Waals surface area contributed by atoms with Crippen molar-refractivity contribution in [3.63, 3.8) is 0 Å². The average Bonchev–Trinajstić information content (AvgIpc) is 0.777. The van der Waals surface area contributed by atoms with Gasteiger partial charge in [0.2, 0.25) is 23.5 Å². The van der Waals surface area contributed by atoms with Crippen LogP contribution in [-0.4, -0.2) is 188 Å². The first-order valence-electron chi connectivity index (χ1n) is 42.7. The van der Waals surface area contributed by atoms with Gasteiger partial charge in [-0.05, 0) is 243 Å². The standard InChI is InChI=1S/C24H24FN5O2.2C24H23FN4O2.C24H25N5O2/c1-14-3-8-21(26-10-14)32-20-9-16-5-7-19(20)30(13-16)24(31)18-6-4-15(2)29-22(18)23-27-11-17(25)12-28-23;1-15-3-8-22(28-13-15)31-21-11-16-4-7-20(21)29(14-16)24(30)18-6-5-17(25)12-19(18)23-26-9-2-10-27-23;1-15-3-8-22(28-13-15)31-21-11-16-4-7-20(21)29(14-16)24(30)19-12-17(25)5-6-18(19)23-26-9-2-10-27-23;1-15-4-9-21(27-13-15)31-20-12-17-6-8-19(20)29(14-17)24(30)18-7-5-16(2)28-22(18)23-25-10-3-11-26-23/h3-4,6,8,10-12,16,19-20H,5,7,9,13H2,1-2H3;2*2-3,5-6,8-10,12-13,16,20-21H,4,7,11,14H2,1H3;3-5,7,9-11,13,17,19-20H,6,8,12,14H2,1-2H3. The van der Waals surface area contributed by atoms with Crippen LogP contribution in [-0.2, 0) is 0 Å². The Bertz CT molecular complexity index is 5650.